The molecule has 1 rings (SSSR count). The summed E-state index contributed by atoms with van der Waals surface area (Å²) in [4.78, 5) is 3.73. The lowest BCUT2D eigenvalue weighted by atomic mass is 10.4. The number of rotatable bonds is 1. The highest BCUT2D eigenvalue weighted by atomic mass is 16.5. The average Bonchev–Trinajstić information content (AvgIpc) is 2.14. The summed E-state index contributed by atoms with van der Waals surface area (Å²) in [6.45, 7) is 0.677. The Hall–Kier alpha value is -0.570. The maximum atomic E-state index is 8.36. The van der Waals surface area contributed by atoms with Crippen LogP contribution >= 0.6 is 0 Å². The molecule has 3 heteroatoms. The minimum atomic E-state index is -0.0694. The van der Waals surface area contributed by atoms with E-state index in [-0.39, 0.29) is 12.7 Å². The third-order valence-corrected chi connectivity index (χ3v) is 0.841. The summed E-state index contributed by atoms with van der Waals surface area (Å²) >= 11 is 0. The van der Waals surface area contributed by atoms with Crippen LogP contribution in [0, 0.1) is 0 Å². The van der Waals surface area contributed by atoms with Crippen molar-refractivity contribution in [2.45, 2.75) is 6.10 Å². The monoisotopic (exact) mass is 101 g/mol. The summed E-state index contributed by atoms with van der Waals surface area (Å²) in [7, 11) is 0. The van der Waals surface area contributed by atoms with Crippen molar-refractivity contribution in [1.82, 2.24) is 0 Å². The van der Waals surface area contributed by atoms with Gasteiger partial charge in [0.1, 0.15) is 6.10 Å². The molecule has 0 aromatic heterocycles. The van der Waals surface area contributed by atoms with Crippen LogP contribution in [0.3, 0.4) is 0 Å². The van der Waals surface area contributed by atoms with E-state index in [4.69, 9.17) is 9.84 Å². The Morgan fingerprint density at radius 2 is 2.86 bits per heavy atom. The van der Waals surface area contributed by atoms with E-state index in [1.165, 1.54) is 6.40 Å². The molecule has 0 bridgehead atoms. The molecule has 1 atom stereocenters. The van der Waals surface area contributed by atoms with E-state index in [2.05, 4.69) is 4.99 Å². The fraction of sp³-hybridized carbons (Fsp3) is 0.750. The van der Waals surface area contributed by atoms with E-state index < -0.39 is 0 Å². The maximum absolute atomic E-state index is 8.36. The Balaban J connectivity index is 2.22. The second-order valence-electron chi connectivity index (χ2n) is 1.41. The molecule has 1 heterocycles. The van der Waals surface area contributed by atoms with Gasteiger partial charge < -0.3 is 9.84 Å². The van der Waals surface area contributed by atoms with Gasteiger partial charge in [0.15, 0.2) is 6.40 Å². The van der Waals surface area contributed by atoms with Crippen molar-refractivity contribution < 1.29 is 9.84 Å². The van der Waals surface area contributed by atoms with Crippen molar-refractivity contribution in [3.8, 4) is 0 Å². The van der Waals surface area contributed by atoms with Gasteiger partial charge >= 0.3 is 0 Å². The molecule has 1 aliphatic rings. The van der Waals surface area contributed by atoms with E-state index in [0.29, 0.717) is 6.54 Å². The zero-order valence-electron chi connectivity index (χ0n) is 3.87. The molecule has 1 N–H and O–H groups in total. The average molecular weight is 101 g/mol. The molecule has 0 aromatic rings. The minimum Gasteiger partial charge on any atom is -0.476 e. The first kappa shape index (κ1) is 4.59. The first-order valence-corrected chi connectivity index (χ1v) is 2.18. The van der Waals surface area contributed by atoms with E-state index in [9.17, 15) is 0 Å². The van der Waals surface area contributed by atoms with Crippen molar-refractivity contribution in [3.05, 3.63) is 0 Å². The van der Waals surface area contributed by atoms with Crippen molar-refractivity contribution >= 4 is 6.40 Å². The Bertz CT molecular complexity index is 73.8. The van der Waals surface area contributed by atoms with Crippen LogP contribution in [-0.4, -0.2) is 30.8 Å². The predicted octanol–water partition coefficient (Wildman–Crippen LogP) is -0.594. The summed E-state index contributed by atoms with van der Waals surface area (Å²) in [6.07, 6.45) is 1.31. The number of nitrogens with zero attached hydrogens (tertiary/aromatic N) is 1. The molecular weight excluding hydrogens is 94.0 g/mol. The van der Waals surface area contributed by atoms with Crippen LogP contribution in [0.25, 0.3) is 0 Å². The fourth-order valence-electron chi connectivity index (χ4n) is 0.434. The molecule has 0 spiro atoms. The molecule has 1 aliphatic heterocycles. The van der Waals surface area contributed by atoms with Crippen LogP contribution in [0.1, 0.15) is 0 Å². The number of hydrogen-bond donors (Lipinski definition) is 1. The second kappa shape index (κ2) is 1.93. The van der Waals surface area contributed by atoms with Crippen LogP contribution in [0.2, 0.25) is 0 Å². The highest BCUT2D eigenvalue weighted by Crippen LogP contribution is 1.94. The van der Waals surface area contributed by atoms with Gasteiger partial charge in [-0.3, -0.25) is 4.99 Å². The SMILES string of the molecule is OC[C@@H]1CN=CO1. The van der Waals surface area contributed by atoms with Crippen molar-refractivity contribution in [3.63, 3.8) is 0 Å². The minimum absolute atomic E-state index is 0.0694. The molecule has 0 amide bonds. The smallest absolute Gasteiger partial charge is 0.170 e. The normalized spacial score (nSPS) is 27.9. The summed E-state index contributed by atoms with van der Waals surface area (Å²) < 4.78 is 4.76. The zero-order valence-corrected chi connectivity index (χ0v) is 3.87. The molecule has 7 heavy (non-hydrogen) atoms. The molecule has 0 fully saturated rings. The Labute approximate surface area is 41.6 Å². The van der Waals surface area contributed by atoms with Gasteiger partial charge in [-0.25, -0.2) is 0 Å². The number of aliphatic imine (C=N–C) groups is 1. The van der Waals surface area contributed by atoms with Gasteiger partial charge in [-0.2, -0.15) is 0 Å². The van der Waals surface area contributed by atoms with Crippen LogP contribution < -0.4 is 0 Å². The Morgan fingerprint density at radius 3 is 3.14 bits per heavy atom. The molecule has 3 nitrogen and oxygen atoms in total. The highest BCUT2D eigenvalue weighted by molar-refractivity contribution is 5.48. The summed E-state index contributed by atoms with van der Waals surface area (Å²) in [5.41, 5.74) is 0. The quantitative estimate of drug-likeness (QED) is 0.479. The second-order valence-corrected chi connectivity index (χ2v) is 1.41. The molecule has 0 aliphatic carbocycles. The third-order valence-electron chi connectivity index (χ3n) is 0.841. The number of ether oxygens (including phenoxy) is 1. The topological polar surface area (TPSA) is 41.8 Å². The molecule has 0 aromatic carbocycles. The molecule has 0 radical (unpaired) electrons. The van der Waals surface area contributed by atoms with E-state index in [1.807, 2.05) is 0 Å². The van der Waals surface area contributed by atoms with Gasteiger partial charge in [-0.05, 0) is 0 Å². The van der Waals surface area contributed by atoms with Gasteiger partial charge in [0.25, 0.3) is 0 Å². The lowest BCUT2D eigenvalue weighted by molar-refractivity contribution is 0.134. The van der Waals surface area contributed by atoms with Crippen LogP contribution in [0.5, 0.6) is 0 Å². The van der Waals surface area contributed by atoms with Crippen LogP contribution in [-0.2, 0) is 4.74 Å². The third kappa shape index (κ3) is 0.899. The summed E-state index contributed by atoms with van der Waals surface area (Å²) in [5.74, 6) is 0. The van der Waals surface area contributed by atoms with Crippen molar-refractivity contribution in [2.24, 2.45) is 4.99 Å². The van der Waals surface area contributed by atoms with Gasteiger partial charge in [-0.15, -0.1) is 0 Å². The van der Waals surface area contributed by atoms with Gasteiger partial charge in [-0.1, -0.05) is 0 Å². The predicted molar refractivity (Wildman–Crippen MR) is 25.3 cm³/mol. The first-order chi connectivity index (χ1) is 3.43. The molecule has 0 saturated heterocycles. The molecule has 0 unspecified atom stereocenters. The fourth-order valence-corrected chi connectivity index (χ4v) is 0.434. The Morgan fingerprint density at radius 1 is 2.00 bits per heavy atom. The van der Waals surface area contributed by atoms with E-state index in [0.717, 1.165) is 0 Å². The van der Waals surface area contributed by atoms with Crippen molar-refractivity contribution in [1.29, 1.82) is 0 Å². The molecular formula is C4H7NO2. The van der Waals surface area contributed by atoms with E-state index in [1.54, 1.807) is 0 Å². The number of hydrogen-bond acceptors (Lipinski definition) is 3. The van der Waals surface area contributed by atoms with Gasteiger partial charge in [0, 0.05) is 0 Å². The highest BCUT2D eigenvalue weighted by Gasteiger charge is 2.08. The largest absolute Gasteiger partial charge is 0.476 e. The summed E-state index contributed by atoms with van der Waals surface area (Å²) in [5, 5.41) is 8.36. The standard InChI is InChI=1S/C4H7NO2/c6-2-4-1-5-3-7-4/h3-4,6H,1-2H2/t4-/m0/s1. The lowest BCUT2D eigenvalue weighted by Gasteiger charge is -2.00. The maximum Gasteiger partial charge on any atom is 0.170 e. The molecule has 0 saturated carbocycles. The van der Waals surface area contributed by atoms with Crippen LogP contribution in [0.15, 0.2) is 4.99 Å². The van der Waals surface area contributed by atoms with Crippen molar-refractivity contribution in [2.75, 3.05) is 13.2 Å². The first-order valence-electron chi connectivity index (χ1n) is 2.18. The summed E-state index contributed by atoms with van der Waals surface area (Å²) in [6, 6.07) is 0. The number of aliphatic hydroxyl groups is 1. The van der Waals surface area contributed by atoms with Crippen LogP contribution in [0.4, 0.5) is 0 Å². The van der Waals surface area contributed by atoms with Gasteiger partial charge in [0.05, 0.1) is 13.2 Å². The van der Waals surface area contributed by atoms with E-state index >= 15 is 0 Å². The zero-order chi connectivity index (χ0) is 5.11. The Kier molecular flexibility index (Phi) is 1.26. The van der Waals surface area contributed by atoms with Gasteiger partial charge in [0.2, 0.25) is 0 Å². The lowest BCUT2D eigenvalue weighted by Crippen LogP contribution is -2.14. The molecule has 40 valence electrons. The number of aliphatic hydroxyl groups excluding tert-OH is 1.